The van der Waals surface area contributed by atoms with Crippen molar-refractivity contribution in [2.75, 3.05) is 19.7 Å². The first-order valence-corrected chi connectivity index (χ1v) is 12.3. The van der Waals surface area contributed by atoms with E-state index in [1.54, 1.807) is 6.07 Å². The van der Waals surface area contributed by atoms with Crippen molar-refractivity contribution >= 4 is 11.2 Å². The predicted octanol–water partition coefficient (Wildman–Crippen LogP) is 4.61. The maximum atomic E-state index is 12.5. The molecule has 2 unspecified atom stereocenters. The monoisotopic (exact) mass is 435 g/mol. The van der Waals surface area contributed by atoms with E-state index in [4.69, 9.17) is 4.74 Å². The fraction of sp³-hybridized carbons (Fsp3) is 0.360. The summed E-state index contributed by atoms with van der Waals surface area (Å²) in [6, 6.07) is 21.4. The summed E-state index contributed by atoms with van der Waals surface area (Å²) in [5.74, 6) is 2.11. The molecule has 4 rings (SSSR count). The molecule has 0 radical (unpaired) electrons. The molecular formula is C25H29N3O2S. The molecule has 1 aromatic heterocycles. The molecule has 0 spiro atoms. The van der Waals surface area contributed by atoms with Gasteiger partial charge in [0.05, 0.1) is 12.3 Å². The minimum absolute atomic E-state index is 0.443. The van der Waals surface area contributed by atoms with Crippen molar-refractivity contribution in [3.63, 3.8) is 0 Å². The zero-order valence-electron chi connectivity index (χ0n) is 17.7. The maximum Gasteiger partial charge on any atom is 0.263 e. The summed E-state index contributed by atoms with van der Waals surface area (Å²) in [4.78, 5) is 0. The third-order valence-electron chi connectivity index (χ3n) is 5.59. The lowest BCUT2D eigenvalue weighted by Crippen LogP contribution is -2.29. The highest BCUT2D eigenvalue weighted by Gasteiger charge is 2.15. The highest BCUT2D eigenvalue weighted by atomic mass is 32.2. The van der Waals surface area contributed by atoms with E-state index in [9.17, 15) is 4.55 Å². The summed E-state index contributed by atoms with van der Waals surface area (Å²) in [5.41, 5.74) is 2.75. The molecule has 5 nitrogen and oxygen atoms in total. The second-order valence-electron chi connectivity index (χ2n) is 7.96. The molecular weight excluding hydrogens is 406 g/mol. The number of ether oxygens (including phenoxy) is 1. The summed E-state index contributed by atoms with van der Waals surface area (Å²) in [7, 11) is 0. The van der Waals surface area contributed by atoms with Gasteiger partial charge >= 0.3 is 0 Å². The summed E-state index contributed by atoms with van der Waals surface area (Å²) in [6.45, 7) is 3.06. The molecule has 2 atom stereocenters. The van der Waals surface area contributed by atoms with Crippen LogP contribution in [-0.4, -0.2) is 34.4 Å². The summed E-state index contributed by atoms with van der Waals surface area (Å²) in [5, 5.41) is 12.4. The van der Waals surface area contributed by atoms with E-state index in [2.05, 4.69) is 15.5 Å². The molecule has 0 saturated carbocycles. The van der Waals surface area contributed by atoms with Gasteiger partial charge in [0.1, 0.15) is 11.5 Å². The van der Waals surface area contributed by atoms with Crippen molar-refractivity contribution in [1.29, 1.82) is 0 Å². The molecule has 0 aliphatic carbocycles. The topological polar surface area (TPSA) is 70.1 Å². The molecule has 2 aromatic carbocycles. The van der Waals surface area contributed by atoms with Crippen LogP contribution < -0.4 is 10.1 Å². The van der Waals surface area contributed by atoms with Gasteiger partial charge in [-0.25, -0.2) is 0 Å². The fourth-order valence-corrected chi connectivity index (χ4v) is 4.84. The highest BCUT2D eigenvalue weighted by molar-refractivity contribution is 7.90. The van der Waals surface area contributed by atoms with Gasteiger partial charge in [0.15, 0.2) is 0 Å². The quantitative estimate of drug-likeness (QED) is 0.393. The van der Waals surface area contributed by atoms with Crippen molar-refractivity contribution in [3.8, 4) is 17.0 Å². The van der Waals surface area contributed by atoms with E-state index in [0.29, 0.717) is 10.8 Å². The summed E-state index contributed by atoms with van der Waals surface area (Å²) >= 11 is -1.21. The fourth-order valence-electron chi connectivity index (χ4n) is 3.85. The van der Waals surface area contributed by atoms with Crippen LogP contribution >= 0.6 is 0 Å². The van der Waals surface area contributed by atoms with Gasteiger partial charge in [-0.1, -0.05) is 35.4 Å². The van der Waals surface area contributed by atoms with Gasteiger partial charge in [0.25, 0.3) is 5.03 Å². The van der Waals surface area contributed by atoms with Crippen molar-refractivity contribution in [2.45, 2.75) is 36.5 Å². The molecule has 1 aliphatic rings. The van der Waals surface area contributed by atoms with Gasteiger partial charge in [0.2, 0.25) is 0 Å². The first-order valence-electron chi connectivity index (χ1n) is 11.0. The molecule has 0 bridgehead atoms. The molecule has 162 valence electrons. The minimum atomic E-state index is -1.21. The van der Waals surface area contributed by atoms with E-state index >= 15 is 0 Å². The largest absolute Gasteiger partial charge is 0.610 e. The molecule has 1 saturated heterocycles. The normalized spacial score (nSPS) is 17.3. The number of aromatic nitrogens is 2. The van der Waals surface area contributed by atoms with Gasteiger partial charge < -0.3 is 14.6 Å². The molecule has 1 aliphatic heterocycles. The van der Waals surface area contributed by atoms with Gasteiger partial charge in [-0.3, -0.25) is 0 Å². The molecule has 6 heteroatoms. The minimum Gasteiger partial charge on any atom is -0.610 e. The third kappa shape index (κ3) is 6.53. The number of nitrogens with one attached hydrogen (secondary N) is 1. The average Bonchev–Trinajstić information content (AvgIpc) is 2.84. The molecule has 31 heavy (non-hydrogen) atoms. The van der Waals surface area contributed by atoms with E-state index < -0.39 is 11.2 Å². The number of piperidine rings is 1. The number of nitrogens with zero attached hydrogens (tertiary/aromatic N) is 2. The first kappa shape index (κ1) is 21.8. The number of hydrogen-bond donors (Lipinski definition) is 1. The Labute approximate surface area is 187 Å². The molecule has 1 fully saturated rings. The molecule has 3 aromatic rings. The van der Waals surface area contributed by atoms with Crippen LogP contribution in [0.2, 0.25) is 0 Å². The van der Waals surface area contributed by atoms with Crippen molar-refractivity contribution in [2.24, 2.45) is 5.92 Å². The van der Waals surface area contributed by atoms with Crippen LogP contribution in [0.25, 0.3) is 11.3 Å². The Hall–Kier alpha value is -2.41. The van der Waals surface area contributed by atoms with Crippen LogP contribution in [0, 0.1) is 5.92 Å². The Morgan fingerprint density at radius 3 is 2.55 bits per heavy atom. The van der Waals surface area contributed by atoms with Gasteiger partial charge in [-0.15, -0.1) is 5.10 Å². The van der Waals surface area contributed by atoms with Crippen LogP contribution in [0.5, 0.6) is 5.75 Å². The van der Waals surface area contributed by atoms with Gasteiger partial charge in [-0.2, -0.15) is 0 Å². The van der Waals surface area contributed by atoms with E-state index in [1.165, 1.54) is 19.3 Å². The SMILES string of the molecule is [O-][S+](Cc1ccccc1)c1ccc(-c2ccc(OCCCC3CCCNC3)cc2)nn1. The standard InChI is InChI=1S/C25H29N3O2S/c29-31(19-21-6-2-1-3-7-21)25-15-14-24(27-28-25)22-10-12-23(13-11-22)30-17-5-9-20-8-4-16-26-18-20/h1-3,6-7,10-15,20,26H,4-5,8-9,16-19H2. The number of benzene rings is 2. The first-order chi connectivity index (χ1) is 15.3. The summed E-state index contributed by atoms with van der Waals surface area (Å²) in [6.07, 6.45) is 4.93. The molecule has 0 amide bonds. The Morgan fingerprint density at radius 2 is 1.84 bits per heavy atom. The van der Waals surface area contributed by atoms with E-state index in [-0.39, 0.29) is 0 Å². The van der Waals surface area contributed by atoms with E-state index in [0.717, 1.165) is 54.6 Å². The Bertz CT molecular complexity index is 914. The zero-order chi connectivity index (χ0) is 21.3. The molecule has 2 heterocycles. The Kier molecular flexibility index (Phi) is 7.93. The van der Waals surface area contributed by atoms with E-state index in [1.807, 2.05) is 60.7 Å². The summed E-state index contributed by atoms with van der Waals surface area (Å²) < 4.78 is 18.4. The van der Waals surface area contributed by atoms with Crippen LogP contribution in [-0.2, 0) is 16.9 Å². The lowest BCUT2D eigenvalue weighted by Gasteiger charge is -2.22. The van der Waals surface area contributed by atoms with Crippen molar-refractivity contribution in [1.82, 2.24) is 15.5 Å². The maximum absolute atomic E-state index is 12.5. The lowest BCUT2D eigenvalue weighted by molar-refractivity contribution is 0.275. The number of rotatable bonds is 9. The second kappa shape index (κ2) is 11.3. The van der Waals surface area contributed by atoms with Crippen LogP contribution in [0.3, 0.4) is 0 Å². The lowest BCUT2D eigenvalue weighted by atomic mass is 9.95. The highest BCUT2D eigenvalue weighted by Crippen LogP contribution is 2.22. The second-order valence-corrected chi connectivity index (χ2v) is 9.36. The number of hydrogen-bond acceptors (Lipinski definition) is 5. The van der Waals surface area contributed by atoms with Gasteiger partial charge in [-0.05, 0) is 75.0 Å². The van der Waals surface area contributed by atoms with Gasteiger partial charge in [0, 0.05) is 28.4 Å². The smallest absolute Gasteiger partial charge is 0.263 e. The average molecular weight is 436 g/mol. The zero-order valence-corrected chi connectivity index (χ0v) is 18.5. The predicted molar refractivity (Wildman–Crippen MR) is 124 cm³/mol. The third-order valence-corrected chi connectivity index (χ3v) is 6.87. The van der Waals surface area contributed by atoms with Crippen LogP contribution in [0.4, 0.5) is 0 Å². The Balaban J connectivity index is 1.26. The molecule has 1 N–H and O–H groups in total. The van der Waals surface area contributed by atoms with Crippen LogP contribution in [0.1, 0.15) is 31.2 Å². The van der Waals surface area contributed by atoms with Crippen molar-refractivity contribution in [3.05, 3.63) is 72.3 Å². The van der Waals surface area contributed by atoms with Crippen molar-refractivity contribution < 1.29 is 9.29 Å². The Morgan fingerprint density at radius 1 is 1.00 bits per heavy atom. The van der Waals surface area contributed by atoms with Crippen LogP contribution in [0.15, 0.2) is 71.8 Å².